The molecule has 0 aliphatic carbocycles. The lowest BCUT2D eigenvalue weighted by molar-refractivity contribution is 0.0600. The molecule has 0 aliphatic rings. The van der Waals surface area contributed by atoms with Gasteiger partial charge in [-0.05, 0) is 36.8 Å². The van der Waals surface area contributed by atoms with Crippen LogP contribution in [0.3, 0.4) is 0 Å². The molecule has 0 N–H and O–H groups in total. The topological polar surface area (TPSA) is 75.5 Å². The zero-order valence-corrected chi connectivity index (χ0v) is 19.0. The van der Waals surface area contributed by atoms with Gasteiger partial charge in [0.05, 0.1) is 24.3 Å². The summed E-state index contributed by atoms with van der Waals surface area (Å²) >= 11 is 7.93. The molecule has 9 heteroatoms. The highest BCUT2D eigenvalue weighted by Gasteiger charge is 2.16. The van der Waals surface area contributed by atoms with Gasteiger partial charge in [-0.2, -0.15) is 0 Å². The average Bonchev–Trinajstić information content (AvgIpc) is 3.19. The number of benzene rings is 2. The van der Waals surface area contributed by atoms with Crippen molar-refractivity contribution in [3.8, 4) is 17.1 Å². The third-order valence-electron chi connectivity index (χ3n) is 4.40. The first-order chi connectivity index (χ1) is 15.1. The summed E-state index contributed by atoms with van der Waals surface area (Å²) in [6.45, 7) is 1.80. The molecule has 1 heterocycles. The minimum atomic E-state index is -0.393. The molecule has 7 nitrogen and oxygen atoms in total. The van der Waals surface area contributed by atoms with Crippen LogP contribution in [0.25, 0.3) is 11.4 Å². The van der Waals surface area contributed by atoms with E-state index >= 15 is 0 Å². The molecule has 0 unspecified atom stereocenters. The number of hydrogen-bond acceptors (Lipinski definition) is 7. The van der Waals surface area contributed by atoms with Gasteiger partial charge in [0.1, 0.15) is 5.75 Å². The van der Waals surface area contributed by atoms with Gasteiger partial charge in [0.15, 0.2) is 11.0 Å². The molecule has 0 bridgehead atoms. The highest BCUT2D eigenvalue weighted by atomic mass is 35.5. The van der Waals surface area contributed by atoms with Crippen molar-refractivity contribution in [2.24, 2.45) is 0 Å². The normalized spacial score (nSPS) is 10.8. The Bertz CT molecular complexity index is 1010. The van der Waals surface area contributed by atoms with Crippen LogP contribution in [0.5, 0.6) is 5.75 Å². The van der Waals surface area contributed by atoms with Crippen molar-refractivity contribution in [2.45, 2.75) is 18.1 Å². The lowest BCUT2D eigenvalue weighted by atomic mass is 10.2. The van der Waals surface area contributed by atoms with E-state index in [0.29, 0.717) is 41.8 Å². The van der Waals surface area contributed by atoms with E-state index < -0.39 is 5.97 Å². The minimum Gasteiger partial charge on any atom is -0.493 e. The van der Waals surface area contributed by atoms with Gasteiger partial charge in [0, 0.05) is 31.6 Å². The molecule has 0 fully saturated rings. The van der Waals surface area contributed by atoms with E-state index in [2.05, 4.69) is 14.8 Å². The highest BCUT2D eigenvalue weighted by molar-refractivity contribution is 7.99. The van der Waals surface area contributed by atoms with Crippen molar-refractivity contribution in [3.05, 3.63) is 59.1 Å². The maximum absolute atomic E-state index is 11.7. The molecule has 31 heavy (non-hydrogen) atoms. The fourth-order valence-corrected chi connectivity index (χ4v) is 3.93. The van der Waals surface area contributed by atoms with E-state index in [1.54, 1.807) is 43.1 Å². The Morgan fingerprint density at radius 2 is 1.94 bits per heavy atom. The van der Waals surface area contributed by atoms with Crippen molar-refractivity contribution in [1.29, 1.82) is 0 Å². The van der Waals surface area contributed by atoms with Crippen molar-refractivity contribution in [3.63, 3.8) is 0 Å². The summed E-state index contributed by atoms with van der Waals surface area (Å²) < 4.78 is 17.8. The van der Waals surface area contributed by atoms with Crippen molar-refractivity contribution in [2.75, 3.05) is 33.2 Å². The predicted octanol–water partition coefficient (Wildman–Crippen LogP) is 4.59. The number of ether oxygens (including phenoxy) is 3. The van der Waals surface area contributed by atoms with Crippen LogP contribution in [0.2, 0.25) is 5.02 Å². The Morgan fingerprint density at radius 1 is 1.10 bits per heavy atom. The lowest BCUT2D eigenvalue weighted by Crippen LogP contribution is -2.07. The van der Waals surface area contributed by atoms with Crippen LogP contribution in [-0.4, -0.2) is 53.9 Å². The van der Waals surface area contributed by atoms with Crippen molar-refractivity contribution < 1.29 is 19.0 Å². The first-order valence-corrected chi connectivity index (χ1v) is 11.1. The maximum atomic E-state index is 11.7. The molecule has 0 aliphatic heterocycles. The van der Waals surface area contributed by atoms with Gasteiger partial charge in [0.2, 0.25) is 0 Å². The number of rotatable bonds is 11. The van der Waals surface area contributed by atoms with Crippen LogP contribution < -0.4 is 4.74 Å². The first-order valence-electron chi connectivity index (χ1n) is 9.75. The molecular weight excluding hydrogens is 438 g/mol. The summed E-state index contributed by atoms with van der Waals surface area (Å²) in [7, 11) is 3.04. The summed E-state index contributed by atoms with van der Waals surface area (Å²) in [6.07, 6.45) is 0.830. The monoisotopic (exact) mass is 461 g/mol. The highest BCUT2D eigenvalue weighted by Crippen LogP contribution is 2.29. The predicted molar refractivity (Wildman–Crippen MR) is 121 cm³/mol. The number of aromatic nitrogens is 3. The number of carbonyl (C=O) groups excluding carboxylic acids is 1. The Morgan fingerprint density at radius 3 is 2.71 bits per heavy atom. The van der Waals surface area contributed by atoms with E-state index in [1.807, 2.05) is 24.3 Å². The standard InChI is InChI=1S/C22H24ClN3O4S/c1-28-12-6-11-26-20(18-9-3-4-10-19(18)23)24-25-22(26)31-14-13-30-17-8-5-7-16(15-17)21(27)29-2/h3-5,7-10,15H,6,11-14H2,1-2H3. The lowest BCUT2D eigenvalue weighted by Gasteiger charge is -2.11. The van der Waals surface area contributed by atoms with Gasteiger partial charge in [-0.15, -0.1) is 10.2 Å². The van der Waals surface area contributed by atoms with E-state index in [-0.39, 0.29) is 0 Å². The van der Waals surface area contributed by atoms with Gasteiger partial charge in [-0.25, -0.2) is 4.79 Å². The average molecular weight is 462 g/mol. The summed E-state index contributed by atoms with van der Waals surface area (Å²) in [5.74, 6) is 1.61. The van der Waals surface area contributed by atoms with E-state index in [0.717, 1.165) is 23.0 Å². The van der Waals surface area contributed by atoms with Gasteiger partial charge in [-0.1, -0.05) is 41.6 Å². The quantitative estimate of drug-likeness (QED) is 0.235. The summed E-state index contributed by atoms with van der Waals surface area (Å²) in [5.41, 5.74) is 1.30. The molecule has 0 atom stereocenters. The fraction of sp³-hybridized carbons (Fsp3) is 0.318. The Kier molecular flexibility index (Phi) is 8.75. The van der Waals surface area contributed by atoms with Gasteiger partial charge in [0.25, 0.3) is 0 Å². The number of methoxy groups -OCH3 is 2. The number of esters is 1. The zero-order valence-electron chi connectivity index (χ0n) is 17.4. The van der Waals surface area contributed by atoms with Crippen LogP contribution in [-0.2, 0) is 16.0 Å². The largest absolute Gasteiger partial charge is 0.493 e. The molecule has 1 aromatic heterocycles. The molecule has 0 saturated carbocycles. The van der Waals surface area contributed by atoms with E-state index in [1.165, 1.54) is 7.11 Å². The van der Waals surface area contributed by atoms with Crippen molar-refractivity contribution >= 4 is 29.3 Å². The number of hydrogen-bond donors (Lipinski definition) is 0. The Hall–Kier alpha value is -2.55. The Balaban J connectivity index is 1.66. The molecule has 0 saturated heterocycles. The Labute approximate surface area is 190 Å². The molecule has 3 aromatic rings. The molecule has 2 aromatic carbocycles. The summed E-state index contributed by atoms with van der Waals surface area (Å²) in [6, 6.07) is 14.5. The number of carbonyl (C=O) groups is 1. The summed E-state index contributed by atoms with van der Waals surface area (Å²) in [5, 5.41) is 10.2. The van der Waals surface area contributed by atoms with Crippen molar-refractivity contribution in [1.82, 2.24) is 14.8 Å². The second-order valence-corrected chi connectivity index (χ2v) is 7.97. The zero-order chi connectivity index (χ0) is 22.1. The number of thioether (sulfide) groups is 1. The fourth-order valence-electron chi connectivity index (χ4n) is 2.93. The van der Waals surface area contributed by atoms with Crippen LogP contribution >= 0.6 is 23.4 Å². The second kappa shape index (κ2) is 11.7. The van der Waals surface area contributed by atoms with E-state index in [4.69, 9.17) is 25.8 Å². The number of halogens is 1. The maximum Gasteiger partial charge on any atom is 0.337 e. The summed E-state index contributed by atoms with van der Waals surface area (Å²) in [4.78, 5) is 11.7. The van der Waals surface area contributed by atoms with Crippen LogP contribution in [0.1, 0.15) is 16.8 Å². The third kappa shape index (κ3) is 6.22. The number of nitrogens with zero attached hydrogens (tertiary/aromatic N) is 3. The SMILES string of the molecule is COCCCn1c(SCCOc2cccc(C(=O)OC)c2)nnc1-c1ccccc1Cl. The van der Waals surface area contributed by atoms with Crippen LogP contribution in [0.4, 0.5) is 0 Å². The molecule has 0 amide bonds. The molecular formula is C22H24ClN3O4S. The smallest absolute Gasteiger partial charge is 0.337 e. The van der Waals surface area contributed by atoms with E-state index in [9.17, 15) is 4.79 Å². The molecule has 3 rings (SSSR count). The van der Waals surface area contributed by atoms with Gasteiger partial charge in [-0.3, -0.25) is 0 Å². The molecule has 0 radical (unpaired) electrons. The second-order valence-electron chi connectivity index (χ2n) is 6.50. The van der Waals surface area contributed by atoms with Gasteiger partial charge >= 0.3 is 5.97 Å². The minimum absolute atomic E-state index is 0.393. The van der Waals surface area contributed by atoms with Crippen LogP contribution in [0.15, 0.2) is 53.7 Å². The van der Waals surface area contributed by atoms with Gasteiger partial charge < -0.3 is 18.8 Å². The van der Waals surface area contributed by atoms with Crippen LogP contribution in [0, 0.1) is 0 Å². The first kappa shape index (κ1) is 23.1. The third-order valence-corrected chi connectivity index (χ3v) is 5.66. The molecule has 164 valence electrons. The molecule has 0 spiro atoms.